The Labute approximate surface area is 110 Å². The summed E-state index contributed by atoms with van der Waals surface area (Å²) in [4.78, 5) is 12.4. The Kier molecular flexibility index (Phi) is 3.05. The molecule has 0 amide bonds. The average Bonchev–Trinajstić information content (AvgIpc) is 2.68. The minimum absolute atomic E-state index is 0.231. The second-order valence-corrected chi connectivity index (χ2v) is 6.09. The normalized spacial score (nSPS) is 31.5. The average molecular weight is 294 g/mol. The summed E-state index contributed by atoms with van der Waals surface area (Å²) in [5.74, 6) is 0.561. The lowest BCUT2D eigenvalue weighted by Gasteiger charge is -2.28. The number of ketones is 1. The van der Waals surface area contributed by atoms with Gasteiger partial charge in [-0.2, -0.15) is 0 Å². The van der Waals surface area contributed by atoms with E-state index in [0.717, 1.165) is 22.9 Å². The fourth-order valence-electron chi connectivity index (χ4n) is 3.12. The van der Waals surface area contributed by atoms with Crippen LogP contribution in [0.15, 0.2) is 28.7 Å². The van der Waals surface area contributed by atoms with Gasteiger partial charge in [-0.3, -0.25) is 4.79 Å². The van der Waals surface area contributed by atoms with Crippen molar-refractivity contribution in [3.63, 3.8) is 0 Å². The lowest BCUT2D eigenvalue weighted by Crippen LogP contribution is -2.40. The first-order chi connectivity index (χ1) is 8.22. The van der Waals surface area contributed by atoms with Gasteiger partial charge in [0.05, 0.1) is 0 Å². The van der Waals surface area contributed by atoms with E-state index in [1.165, 1.54) is 12.8 Å². The summed E-state index contributed by atoms with van der Waals surface area (Å²) in [6.45, 7) is 0. The Balaban J connectivity index is 1.76. The predicted octanol–water partition coefficient (Wildman–Crippen LogP) is 3.16. The third-order valence-electron chi connectivity index (χ3n) is 3.97. The number of benzene rings is 1. The van der Waals surface area contributed by atoms with Crippen molar-refractivity contribution in [3.8, 4) is 0 Å². The molecule has 3 rings (SSSR count). The van der Waals surface area contributed by atoms with Gasteiger partial charge in [0.1, 0.15) is 0 Å². The standard InChI is InChI=1S/C14H16BrNO/c15-11-3-1-9(2-4-11)14(17)10-7-12-5-6-13(8-10)16-12/h1-4,10,12-13,16H,5-8H2/t10?,12-,13+. The number of nitrogens with one attached hydrogen (secondary N) is 1. The first-order valence-electron chi connectivity index (χ1n) is 6.28. The molecule has 3 atom stereocenters. The van der Waals surface area contributed by atoms with E-state index in [0.29, 0.717) is 17.9 Å². The van der Waals surface area contributed by atoms with E-state index in [-0.39, 0.29) is 5.92 Å². The minimum atomic E-state index is 0.231. The Hall–Kier alpha value is -0.670. The van der Waals surface area contributed by atoms with Crippen LogP contribution < -0.4 is 5.32 Å². The number of rotatable bonds is 2. The van der Waals surface area contributed by atoms with Gasteiger partial charge in [-0.25, -0.2) is 0 Å². The van der Waals surface area contributed by atoms with Gasteiger partial charge < -0.3 is 5.32 Å². The molecule has 2 saturated heterocycles. The second-order valence-electron chi connectivity index (χ2n) is 5.18. The summed E-state index contributed by atoms with van der Waals surface area (Å²) in [5, 5.41) is 3.58. The number of carbonyl (C=O) groups is 1. The molecule has 0 saturated carbocycles. The molecule has 1 N–H and O–H groups in total. The molecule has 2 nitrogen and oxygen atoms in total. The van der Waals surface area contributed by atoms with Gasteiger partial charge in [-0.05, 0) is 37.8 Å². The lowest BCUT2D eigenvalue weighted by molar-refractivity contribution is 0.0875. The molecule has 90 valence electrons. The summed E-state index contributed by atoms with van der Waals surface area (Å²) in [5.41, 5.74) is 0.861. The molecule has 1 aromatic carbocycles. The van der Waals surface area contributed by atoms with Gasteiger partial charge in [0, 0.05) is 28.0 Å². The van der Waals surface area contributed by atoms with E-state index < -0.39 is 0 Å². The van der Waals surface area contributed by atoms with Crippen molar-refractivity contribution in [2.75, 3.05) is 0 Å². The highest BCUT2D eigenvalue weighted by Crippen LogP contribution is 2.32. The summed E-state index contributed by atoms with van der Waals surface area (Å²) in [6, 6.07) is 8.91. The van der Waals surface area contributed by atoms with E-state index in [1.54, 1.807) is 0 Å². The molecular weight excluding hydrogens is 278 g/mol. The number of Topliss-reactive ketones (excluding diaryl/α,β-unsaturated/α-hetero) is 1. The summed E-state index contributed by atoms with van der Waals surface area (Å²) < 4.78 is 1.03. The number of halogens is 1. The topological polar surface area (TPSA) is 29.1 Å². The van der Waals surface area contributed by atoms with E-state index in [9.17, 15) is 4.79 Å². The lowest BCUT2D eigenvalue weighted by atomic mass is 9.86. The quantitative estimate of drug-likeness (QED) is 0.849. The molecule has 2 aliphatic rings. The Morgan fingerprint density at radius 1 is 1.12 bits per heavy atom. The summed E-state index contributed by atoms with van der Waals surface area (Å²) >= 11 is 3.40. The predicted molar refractivity (Wildman–Crippen MR) is 71.1 cm³/mol. The van der Waals surface area contributed by atoms with E-state index >= 15 is 0 Å². The van der Waals surface area contributed by atoms with E-state index in [1.807, 2.05) is 24.3 Å². The zero-order valence-electron chi connectivity index (χ0n) is 9.66. The van der Waals surface area contributed by atoms with Crippen molar-refractivity contribution in [2.45, 2.75) is 37.8 Å². The Morgan fingerprint density at radius 3 is 2.29 bits per heavy atom. The van der Waals surface area contributed by atoms with Crippen LogP contribution in [-0.4, -0.2) is 17.9 Å². The maximum absolute atomic E-state index is 12.4. The SMILES string of the molecule is O=C(c1ccc(Br)cc1)C1C[C@H]2CC[C@@H](C1)N2. The molecule has 3 heteroatoms. The largest absolute Gasteiger partial charge is 0.311 e. The van der Waals surface area contributed by atoms with Crippen LogP contribution >= 0.6 is 15.9 Å². The molecule has 17 heavy (non-hydrogen) atoms. The van der Waals surface area contributed by atoms with E-state index in [2.05, 4.69) is 21.2 Å². The van der Waals surface area contributed by atoms with Crippen molar-refractivity contribution in [3.05, 3.63) is 34.3 Å². The highest BCUT2D eigenvalue weighted by molar-refractivity contribution is 9.10. The number of hydrogen-bond acceptors (Lipinski definition) is 2. The molecule has 0 radical (unpaired) electrons. The van der Waals surface area contributed by atoms with Crippen LogP contribution in [-0.2, 0) is 0 Å². The smallest absolute Gasteiger partial charge is 0.166 e. The maximum atomic E-state index is 12.4. The van der Waals surface area contributed by atoms with Gasteiger partial charge in [0.15, 0.2) is 5.78 Å². The van der Waals surface area contributed by atoms with Crippen LogP contribution in [0, 0.1) is 5.92 Å². The monoisotopic (exact) mass is 293 g/mol. The van der Waals surface area contributed by atoms with Crippen LogP contribution in [0.3, 0.4) is 0 Å². The fraction of sp³-hybridized carbons (Fsp3) is 0.500. The molecule has 2 fully saturated rings. The van der Waals surface area contributed by atoms with Crippen LogP contribution in [0.4, 0.5) is 0 Å². The molecule has 0 aliphatic carbocycles. The highest BCUT2D eigenvalue weighted by atomic mass is 79.9. The van der Waals surface area contributed by atoms with Crippen LogP contribution in [0.25, 0.3) is 0 Å². The molecule has 0 aromatic heterocycles. The van der Waals surface area contributed by atoms with Crippen LogP contribution in [0.2, 0.25) is 0 Å². The van der Waals surface area contributed by atoms with Gasteiger partial charge in [-0.1, -0.05) is 28.1 Å². The Morgan fingerprint density at radius 2 is 1.71 bits per heavy atom. The molecule has 2 bridgehead atoms. The van der Waals surface area contributed by atoms with Crippen molar-refractivity contribution in [1.82, 2.24) is 5.32 Å². The number of hydrogen-bond donors (Lipinski definition) is 1. The second kappa shape index (κ2) is 4.54. The van der Waals surface area contributed by atoms with Crippen molar-refractivity contribution in [1.29, 1.82) is 0 Å². The first-order valence-corrected chi connectivity index (χ1v) is 7.07. The molecular formula is C14H16BrNO. The van der Waals surface area contributed by atoms with Gasteiger partial charge in [0.25, 0.3) is 0 Å². The molecule has 2 heterocycles. The third kappa shape index (κ3) is 2.31. The zero-order valence-corrected chi connectivity index (χ0v) is 11.2. The highest BCUT2D eigenvalue weighted by Gasteiger charge is 2.36. The fourth-order valence-corrected chi connectivity index (χ4v) is 3.39. The first kappa shape index (κ1) is 11.4. The maximum Gasteiger partial charge on any atom is 0.166 e. The molecule has 1 aromatic rings. The van der Waals surface area contributed by atoms with Crippen LogP contribution in [0.1, 0.15) is 36.0 Å². The zero-order chi connectivity index (χ0) is 11.8. The van der Waals surface area contributed by atoms with Gasteiger partial charge in [0.2, 0.25) is 0 Å². The van der Waals surface area contributed by atoms with Crippen molar-refractivity contribution < 1.29 is 4.79 Å². The third-order valence-corrected chi connectivity index (χ3v) is 4.50. The summed E-state index contributed by atoms with van der Waals surface area (Å²) in [7, 11) is 0. The molecule has 1 unspecified atom stereocenters. The van der Waals surface area contributed by atoms with Crippen molar-refractivity contribution in [2.24, 2.45) is 5.92 Å². The molecule has 0 spiro atoms. The van der Waals surface area contributed by atoms with Crippen LogP contribution in [0.5, 0.6) is 0 Å². The van der Waals surface area contributed by atoms with Gasteiger partial charge in [-0.15, -0.1) is 0 Å². The number of fused-ring (bicyclic) bond motifs is 2. The minimum Gasteiger partial charge on any atom is -0.311 e. The summed E-state index contributed by atoms with van der Waals surface area (Å²) in [6.07, 6.45) is 4.53. The Bertz CT molecular complexity index is 416. The molecule has 2 aliphatic heterocycles. The van der Waals surface area contributed by atoms with Gasteiger partial charge >= 0.3 is 0 Å². The van der Waals surface area contributed by atoms with Crippen molar-refractivity contribution >= 4 is 21.7 Å². The van der Waals surface area contributed by atoms with E-state index in [4.69, 9.17) is 0 Å². The number of piperidine rings is 1. The number of carbonyl (C=O) groups excluding carboxylic acids is 1.